The molecule has 3 aromatic rings. The van der Waals surface area contributed by atoms with E-state index in [0.29, 0.717) is 17.9 Å². The number of nitrogens with zero attached hydrogens (tertiary/aromatic N) is 2. The summed E-state index contributed by atoms with van der Waals surface area (Å²) in [5, 5.41) is 2.85. The molecule has 0 spiro atoms. The standard InChI is InChI=1S/C23H25N3O3/c1-3-15-29-20-9-7-17(8-10-20)21(27)11-12-22(28)25-19-6-4-5-18(16-19)23-24-13-14-26(23)2/h4-10,13-14,16H,3,11-12,15H2,1-2H3,(H,25,28). The maximum atomic E-state index is 12.3. The smallest absolute Gasteiger partial charge is 0.224 e. The summed E-state index contributed by atoms with van der Waals surface area (Å²) in [6.07, 6.45) is 4.81. The SMILES string of the molecule is CCCOc1ccc(C(=O)CCC(=O)Nc2cccc(-c3nccn3C)c2)cc1. The Hall–Kier alpha value is -3.41. The molecule has 0 saturated heterocycles. The highest BCUT2D eigenvalue weighted by atomic mass is 16.5. The number of hydrogen-bond donors (Lipinski definition) is 1. The van der Waals surface area contributed by atoms with Crippen LogP contribution < -0.4 is 10.1 Å². The number of nitrogens with one attached hydrogen (secondary N) is 1. The molecule has 0 saturated carbocycles. The van der Waals surface area contributed by atoms with Crippen molar-refractivity contribution in [1.82, 2.24) is 9.55 Å². The summed E-state index contributed by atoms with van der Waals surface area (Å²) in [5.41, 5.74) is 2.18. The van der Waals surface area contributed by atoms with E-state index in [-0.39, 0.29) is 24.5 Å². The molecule has 0 radical (unpaired) electrons. The van der Waals surface area contributed by atoms with E-state index in [1.165, 1.54) is 0 Å². The lowest BCUT2D eigenvalue weighted by molar-refractivity contribution is -0.116. The third kappa shape index (κ3) is 5.54. The quantitative estimate of drug-likeness (QED) is 0.546. The van der Waals surface area contributed by atoms with Crippen molar-refractivity contribution in [3.8, 4) is 17.1 Å². The van der Waals surface area contributed by atoms with Crippen LogP contribution in [0.1, 0.15) is 36.5 Å². The minimum atomic E-state index is -0.196. The summed E-state index contributed by atoms with van der Waals surface area (Å²) < 4.78 is 7.43. The molecule has 0 aliphatic heterocycles. The molecule has 0 unspecified atom stereocenters. The van der Waals surface area contributed by atoms with Crippen LogP contribution in [0.3, 0.4) is 0 Å². The maximum Gasteiger partial charge on any atom is 0.224 e. The molecule has 1 heterocycles. The largest absolute Gasteiger partial charge is 0.494 e. The predicted molar refractivity (Wildman–Crippen MR) is 113 cm³/mol. The van der Waals surface area contributed by atoms with Crippen molar-refractivity contribution in [3.63, 3.8) is 0 Å². The molecule has 1 aromatic heterocycles. The van der Waals surface area contributed by atoms with Gasteiger partial charge in [-0.05, 0) is 42.8 Å². The van der Waals surface area contributed by atoms with Crippen molar-refractivity contribution in [1.29, 1.82) is 0 Å². The van der Waals surface area contributed by atoms with Crippen LogP contribution in [0.5, 0.6) is 5.75 Å². The van der Waals surface area contributed by atoms with E-state index in [4.69, 9.17) is 4.74 Å². The molecule has 6 heteroatoms. The molecule has 29 heavy (non-hydrogen) atoms. The number of carbonyl (C=O) groups is 2. The molecule has 0 aliphatic rings. The third-order valence-electron chi connectivity index (χ3n) is 4.45. The number of benzene rings is 2. The van der Waals surface area contributed by atoms with Gasteiger partial charge < -0.3 is 14.6 Å². The molecule has 1 N–H and O–H groups in total. The zero-order chi connectivity index (χ0) is 20.6. The van der Waals surface area contributed by atoms with E-state index in [2.05, 4.69) is 10.3 Å². The van der Waals surface area contributed by atoms with Gasteiger partial charge in [-0.3, -0.25) is 9.59 Å². The van der Waals surface area contributed by atoms with Gasteiger partial charge in [0, 0.05) is 49.1 Å². The number of rotatable bonds is 9. The lowest BCUT2D eigenvalue weighted by atomic mass is 10.1. The number of ketones is 1. The first-order valence-corrected chi connectivity index (χ1v) is 9.70. The average Bonchev–Trinajstić information content (AvgIpc) is 3.17. The predicted octanol–water partition coefficient (Wildman–Crippen LogP) is 4.48. The molecule has 1 amide bonds. The molecular formula is C23H25N3O3. The normalized spacial score (nSPS) is 10.6. The van der Waals surface area contributed by atoms with Gasteiger partial charge in [0.25, 0.3) is 0 Å². The van der Waals surface area contributed by atoms with Gasteiger partial charge >= 0.3 is 0 Å². The van der Waals surface area contributed by atoms with Crippen molar-refractivity contribution in [3.05, 3.63) is 66.5 Å². The molecule has 3 rings (SSSR count). The van der Waals surface area contributed by atoms with Crippen molar-refractivity contribution in [2.24, 2.45) is 7.05 Å². The van der Waals surface area contributed by atoms with Crippen LogP contribution in [-0.4, -0.2) is 27.8 Å². The topological polar surface area (TPSA) is 73.2 Å². The fourth-order valence-electron chi connectivity index (χ4n) is 2.93. The monoisotopic (exact) mass is 391 g/mol. The van der Waals surface area contributed by atoms with Gasteiger partial charge in [0.2, 0.25) is 5.91 Å². The van der Waals surface area contributed by atoms with E-state index in [1.807, 2.05) is 49.0 Å². The first-order chi connectivity index (χ1) is 14.1. The summed E-state index contributed by atoms with van der Waals surface area (Å²) in [6.45, 7) is 2.69. The molecule has 0 fully saturated rings. The molecule has 2 aromatic carbocycles. The Morgan fingerprint density at radius 2 is 1.90 bits per heavy atom. The lowest BCUT2D eigenvalue weighted by Gasteiger charge is -2.08. The molecule has 0 bridgehead atoms. The summed E-state index contributed by atoms with van der Waals surface area (Å²) >= 11 is 0. The second-order valence-electron chi connectivity index (χ2n) is 6.79. The van der Waals surface area contributed by atoms with E-state index in [0.717, 1.165) is 23.6 Å². The minimum Gasteiger partial charge on any atom is -0.494 e. The van der Waals surface area contributed by atoms with Gasteiger partial charge in [0.05, 0.1) is 6.61 Å². The number of hydrogen-bond acceptors (Lipinski definition) is 4. The molecule has 150 valence electrons. The fraction of sp³-hybridized carbons (Fsp3) is 0.261. The number of imidazole rings is 1. The van der Waals surface area contributed by atoms with E-state index in [9.17, 15) is 9.59 Å². The molecule has 6 nitrogen and oxygen atoms in total. The first kappa shape index (κ1) is 20.3. The Balaban J connectivity index is 1.53. The number of amides is 1. The van der Waals surface area contributed by atoms with Gasteiger partial charge in [0.15, 0.2) is 5.78 Å². The Morgan fingerprint density at radius 3 is 2.59 bits per heavy atom. The van der Waals surface area contributed by atoms with Crippen molar-refractivity contribution < 1.29 is 14.3 Å². The van der Waals surface area contributed by atoms with Crippen LogP contribution in [0.25, 0.3) is 11.4 Å². The van der Waals surface area contributed by atoms with Crippen LogP contribution in [-0.2, 0) is 11.8 Å². The van der Waals surface area contributed by atoms with Crippen molar-refractivity contribution in [2.45, 2.75) is 26.2 Å². The van der Waals surface area contributed by atoms with Crippen LogP contribution in [0, 0.1) is 0 Å². The number of aromatic nitrogens is 2. The Kier molecular flexibility index (Phi) is 6.79. The highest BCUT2D eigenvalue weighted by molar-refractivity contribution is 6.00. The van der Waals surface area contributed by atoms with Gasteiger partial charge in [-0.15, -0.1) is 0 Å². The second kappa shape index (κ2) is 9.68. The lowest BCUT2D eigenvalue weighted by Crippen LogP contribution is -2.13. The molecule has 0 aliphatic carbocycles. The maximum absolute atomic E-state index is 12.3. The van der Waals surface area contributed by atoms with E-state index >= 15 is 0 Å². The highest BCUT2D eigenvalue weighted by Crippen LogP contribution is 2.21. The Morgan fingerprint density at radius 1 is 1.10 bits per heavy atom. The summed E-state index contributed by atoms with van der Waals surface area (Å²) in [4.78, 5) is 28.9. The van der Waals surface area contributed by atoms with Crippen LogP contribution in [0.4, 0.5) is 5.69 Å². The number of Topliss-reactive ketones (excluding diaryl/α,β-unsaturated/α-hetero) is 1. The minimum absolute atomic E-state index is 0.0658. The Labute approximate surface area is 170 Å². The number of aryl methyl sites for hydroxylation is 1. The zero-order valence-electron chi connectivity index (χ0n) is 16.7. The van der Waals surface area contributed by atoms with Crippen molar-refractivity contribution >= 4 is 17.4 Å². The fourth-order valence-corrected chi connectivity index (χ4v) is 2.93. The number of ether oxygens (including phenoxy) is 1. The van der Waals surface area contributed by atoms with Gasteiger partial charge in [-0.25, -0.2) is 4.98 Å². The summed E-state index contributed by atoms with van der Waals surface area (Å²) in [5.74, 6) is 1.30. The van der Waals surface area contributed by atoms with Gasteiger partial charge in [-0.2, -0.15) is 0 Å². The van der Waals surface area contributed by atoms with Gasteiger partial charge in [0.1, 0.15) is 11.6 Å². The zero-order valence-corrected chi connectivity index (χ0v) is 16.7. The molecule has 0 atom stereocenters. The molecular weight excluding hydrogens is 366 g/mol. The van der Waals surface area contributed by atoms with Crippen LogP contribution in [0.15, 0.2) is 60.9 Å². The van der Waals surface area contributed by atoms with Crippen LogP contribution >= 0.6 is 0 Å². The summed E-state index contributed by atoms with van der Waals surface area (Å²) in [6, 6.07) is 14.5. The Bertz CT molecular complexity index is 977. The van der Waals surface area contributed by atoms with Gasteiger partial charge in [-0.1, -0.05) is 19.1 Å². The number of anilines is 1. The van der Waals surface area contributed by atoms with Crippen molar-refractivity contribution in [2.75, 3.05) is 11.9 Å². The summed E-state index contributed by atoms with van der Waals surface area (Å²) in [7, 11) is 1.92. The second-order valence-corrected chi connectivity index (χ2v) is 6.79. The van der Waals surface area contributed by atoms with E-state index in [1.54, 1.807) is 30.5 Å². The average molecular weight is 391 g/mol. The third-order valence-corrected chi connectivity index (χ3v) is 4.45. The van der Waals surface area contributed by atoms with E-state index < -0.39 is 0 Å². The highest BCUT2D eigenvalue weighted by Gasteiger charge is 2.11. The number of carbonyl (C=O) groups excluding carboxylic acids is 2. The van der Waals surface area contributed by atoms with Crippen LogP contribution in [0.2, 0.25) is 0 Å². The first-order valence-electron chi connectivity index (χ1n) is 9.70.